The van der Waals surface area contributed by atoms with Gasteiger partial charge < -0.3 is 10.2 Å². The van der Waals surface area contributed by atoms with Gasteiger partial charge in [-0.15, -0.1) is 0 Å². The number of nitrogens with zero attached hydrogens (tertiary/aromatic N) is 2. The zero-order chi connectivity index (χ0) is 18.0. The number of carboxylic acids is 1. The van der Waals surface area contributed by atoms with Crippen LogP contribution in [0.1, 0.15) is 22.3 Å². The molecule has 24 heavy (non-hydrogen) atoms. The number of hydrogen-bond donors (Lipinski definition) is 3. The number of aryl methyl sites for hydroxylation is 3. The van der Waals surface area contributed by atoms with Gasteiger partial charge in [0.2, 0.25) is 5.88 Å². The monoisotopic (exact) mass is 331 g/mol. The highest BCUT2D eigenvalue weighted by Crippen LogP contribution is 2.23. The van der Waals surface area contributed by atoms with Crippen LogP contribution in [-0.2, 0) is 4.79 Å². The van der Waals surface area contributed by atoms with Crippen molar-refractivity contribution >= 4 is 12.2 Å². The van der Waals surface area contributed by atoms with Gasteiger partial charge in [0.15, 0.2) is 0 Å². The molecule has 0 radical (unpaired) electrons. The number of aliphatic imine (C=N–C) groups is 1. The quantitative estimate of drug-likeness (QED) is 0.710. The summed E-state index contributed by atoms with van der Waals surface area (Å²) in [6.45, 7) is 4.92. The SMILES string of the molecule is Cc1cc(C)c(-n2c(O)c(C=NCC(=O)O)c(=O)[nH]c2=O)c(C)c1. The van der Waals surface area contributed by atoms with Crippen molar-refractivity contribution in [1.29, 1.82) is 0 Å². The topological polar surface area (TPSA) is 125 Å². The van der Waals surface area contributed by atoms with Gasteiger partial charge in [-0.1, -0.05) is 17.7 Å². The predicted octanol–water partition coefficient (Wildman–Crippen LogP) is 0.660. The highest BCUT2D eigenvalue weighted by molar-refractivity contribution is 5.84. The molecule has 0 fully saturated rings. The molecule has 0 saturated heterocycles. The van der Waals surface area contributed by atoms with Crippen LogP contribution in [0.25, 0.3) is 5.69 Å². The molecule has 1 aromatic carbocycles. The molecule has 0 amide bonds. The molecule has 0 saturated carbocycles. The van der Waals surface area contributed by atoms with Crippen molar-refractivity contribution in [2.24, 2.45) is 4.99 Å². The molecule has 0 bridgehead atoms. The lowest BCUT2D eigenvalue weighted by atomic mass is 10.0. The van der Waals surface area contributed by atoms with Gasteiger partial charge in [-0.05, 0) is 31.9 Å². The van der Waals surface area contributed by atoms with E-state index in [4.69, 9.17) is 5.11 Å². The van der Waals surface area contributed by atoms with Crippen LogP contribution in [0.3, 0.4) is 0 Å². The minimum atomic E-state index is -1.18. The van der Waals surface area contributed by atoms with Gasteiger partial charge in [0.1, 0.15) is 12.1 Å². The van der Waals surface area contributed by atoms with Crippen molar-refractivity contribution in [1.82, 2.24) is 9.55 Å². The van der Waals surface area contributed by atoms with Crippen molar-refractivity contribution < 1.29 is 15.0 Å². The first kappa shape index (κ1) is 17.2. The van der Waals surface area contributed by atoms with Gasteiger partial charge in [0.25, 0.3) is 5.56 Å². The number of aliphatic carboxylic acids is 1. The molecule has 2 rings (SSSR count). The molecule has 8 nitrogen and oxygen atoms in total. The van der Waals surface area contributed by atoms with Crippen LogP contribution in [-0.4, -0.2) is 38.5 Å². The van der Waals surface area contributed by atoms with Gasteiger partial charge in [0.05, 0.1) is 5.69 Å². The number of carbonyl (C=O) groups is 1. The molecule has 0 aliphatic heterocycles. The number of rotatable bonds is 4. The van der Waals surface area contributed by atoms with Gasteiger partial charge in [-0.2, -0.15) is 0 Å². The Morgan fingerprint density at radius 3 is 2.38 bits per heavy atom. The average molecular weight is 331 g/mol. The number of aromatic hydroxyl groups is 1. The number of benzene rings is 1. The van der Waals surface area contributed by atoms with Gasteiger partial charge in [-0.25, -0.2) is 9.36 Å². The maximum Gasteiger partial charge on any atom is 0.335 e. The smallest absolute Gasteiger partial charge is 0.335 e. The lowest BCUT2D eigenvalue weighted by Gasteiger charge is -2.15. The highest BCUT2D eigenvalue weighted by atomic mass is 16.4. The summed E-state index contributed by atoms with van der Waals surface area (Å²) in [6.07, 6.45) is 0.942. The first-order chi connectivity index (χ1) is 11.2. The van der Waals surface area contributed by atoms with E-state index in [0.717, 1.165) is 27.5 Å². The van der Waals surface area contributed by atoms with Crippen LogP contribution in [0.15, 0.2) is 26.7 Å². The Labute approximate surface area is 136 Å². The largest absolute Gasteiger partial charge is 0.493 e. The minimum absolute atomic E-state index is 0.282. The van der Waals surface area contributed by atoms with Crippen LogP contribution < -0.4 is 11.2 Å². The minimum Gasteiger partial charge on any atom is -0.493 e. The number of nitrogens with one attached hydrogen (secondary N) is 1. The van der Waals surface area contributed by atoms with Crippen LogP contribution >= 0.6 is 0 Å². The van der Waals surface area contributed by atoms with Gasteiger partial charge >= 0.3 is 11.7 Å². The van der Waals surface area contributed by atoms with Crippen LogP contribution in [0.4, 0.5) is 0 Å². The molecule has 3 N–H and O–H groups in total. The lowest BCUT2D eigenvalue weighted by molar-refractivity contribution is -0.135. The Kier molecular flexibility index (Phi) is 4.68. The van der Waals surface area contributed by atoms with Crippen molar-refractivity contribution in [3.8, 4) is 11.6 Å². The van der Waals surface area contributed by atoms with E-state index in [1.54, 1.807) is 13.8 Å². The van der Waals surface area contributed by atoms with Crippen LogP contribution in [0, 0.1) is 20.8 Å². The first-order valence-electron chi connectivity index (χ1n) is 7.10. The Balaban J connectivity index is 2.73. The van der Waals surface area contributed by atoms with Crippen molar-refractivity contribution in [2.45, 2.75) is 20.8 Å². The van der Waals surface area contributed by atoms with E-state index >= 15 is 0 Å². The highest BCUT2D eigenvalue weighted by Gasteiger charge is 2.17. The third-order valence-electron chi connectivity index (χ3n) is 3.43. The number of carboxylic acid groups (broad SMARTS) is 1. The second kappa shape index (κ2) is 6.53. The molecule has 1 aromatic heterocycles. The van der Waals surface area contributed by atoms with Gasteiger partial charge in [0, 0.05) is 6.21 Å². The van der Waals surface area contributed by atoms with Gasteiger partial charge in [-0.3, -0.25) is 19.6 Å². The fourth-order valence-electron chi connectivity index (χ4n) is 2.60. The van der Waals surface area contributed by atoms with E-state index in [2.05, 4.69) is 9.98 Å². The Hall–Kier alpha value is -3.16. The van der Waals surface area contributed by atoms with E-state index in [1.807, 2.05) is 19.1 Å². The third-order valence-corrected chi connectivity index (χ3v) is 3.43. The summed E-state index contributed by atoms with van der Waals surface area (Å²) in [5, 5.41) is 19.0. The summed E-state index contributed by atoms with van der Waals surface area (Å²) in [5.74, 6) is -1.77. The Morgan fingerprint density at radius 1 is 1.25 bits per heavy atom. The van der Waals surface area contributed by atoms with E-state index in [0.29, 0.717) is 5.69 Å². The molecular weight excluding hydrogens is 314 g/mol. The zero-order valence-corrected chi connectivity index (χ0v) is 13.5. The Bertz CT molecular complexity index is 930. The summed E-state index contributed by atoms with van der Waals surface area (Å²) < 4.78 is 0.980. The summed E-state index contributed by atoms with van der Waals surface area (Å²) in [6, 6.07) is 3.69. The standard InChI is InChI=1S/C16H17N3O5/c1-8-4-9(2)13(10(3)5-8)19-15(23)11(6-17-7-12(20)21)14(22)18-16(19)24/h4-6,23H,7H2,1-3H3,(H,20,21)(H,18,22,24). The fraction of sp³-hybridized carbons (Fsp3) is 0.250. The van der Waals surface area contributed by atoms with E-state index < -0.39 is 29.6 Å². The second-order valence-corrected chi connectivity index (χ2v) is 5.44. The zero-order valence-electron chi connectivity index (χ0n) is 13.5. The first-order valence-corrected chi connectivity index (χ1v) is 7.10. The molecule has 0 aliphatic rings. The summed E-state index contributed by atoms with van der Waals surface area (Å²) in [5.41, 5.74) is 1.01. The number of hydrogen-bond acceptors (Lipinski definition) is 5. The summed E-state index contributed by atoms with van der Waals surface area (Å²) in [4.78, 5) is 40.2. The molecule has 2 aromatic rings. The van der Waals surface area contributed by atoms with E-state index in [-0.39, 0.29) is 5.56 Å². The molecule has 0 spiro atoms. The third kappa shape index (κ3) is 3.27. The Morgan fingerprint density at radius 2 is 1.83 bits per heavy atom. The van der Waals surface area contributed by atoms with Crippen LogP contribution in [0.2, 0.25) is 0 Å². The maximum atomic E-state index is 12.2. The van der Waals surface area contributed by atoms with Crippen molar-refractivity contribution in [3.63, 3.8) is 0 Å². The summed E-state index contributed by atoms with van der Waals surface area (Å²) >= 11 is 0. The molecule has 0 unspecified atom stereocenters. The normalized spacial score (nSPS) is 11.1. The molecule has 0 aliphatic carbocycles. The lowest BCUT2D eigenvalue weighted by Crippen LogP contribution is -2.32. The van der Waals surface area contributed by atoms with Crippen molar-refractivity contribution in [2.75, 3.05) is 6.54 Å². The molecular formula is C16H17N3O5. The molecule has 126 valence electrons. The van der Waals surface area contributed by atoms with E-state index in [9.17, 15) is 19.5 Å². The van der Waals surface area contributed by atoms with Crippen LogP contribution in [0.5, 0.6) is 5.88 Å². The number of H-pyrrole nitrogens is 1. The number of aromatic nitrogens is 2. The molecule has 0 atom stereocenters. The molecule has 8 heteroatoms. The van der Waals surface area contributed by atoms with Crippen molar-refractivity contribution in [3.05, 3.63) is 55.2 Å². The van der Waals surface area contributed by atoms with E-state index in [1.165, 1.54) is 0 Å². The second-order valence-electron chi connectivity index (χ2n) is 5.44. The number of aromatic amines is 1. The summed E-state index contributed by atoms with van der Waals surface area (Å²) in [7, 11) is 0. The predicted molar refractivity (Wildman–Crippen MR) is 88.6 cm³/mol. The fourth-order valence-corrected chi connectivity index (χ4v) is 2.60. The molecule has 1 heterocycles. The maximum absolute atomic E-state index is 12.2. The average Bonchev–Trinajstić information content (AvgIpc) is 2.44.